The van der Waals surface area contributed by atoms with Crippen molar-refractivity contribution in [3.63, 3.8) is 0 Å². The number of anilines is 3. The molecule has 1 aliphatic rings. The number of methoxy groups -OCH3 is 1. The van der Waals surface area contributed by atoms with E-state index in [9.17, 15) is 22.6 Å². The third-order valence-electron chi connectivity index (χ3n) is 4.85. The Bertz CT molecular complexity index is 1340. The van der Waals surface area contributed by atoms with Crippen LogP contribution < -0.4 is 45.3 Å². The SMILES string of the molecule is COc1ccccc1Nc1cc(S(=O)(=O)[O-])c(N)c2c1C(=O)c1ccccc1C2=O.[Na+]. The Hall–Kier alpha value is -2.69. The summed E-state index contributed by atoms with van der Waals surface area (Å²) >= 11 is 0. The number of fused-ring (bicyclic) bond motifs is 2. The Balaban J connectivity index is 0.00000272. The van der Waals surface area contributed by atoms with Crippen molar-refractivity contribution in [1.29, 1.82) is 0 Å². The first-order valence-corrected chi connectivity index (χ1v) is 10.2. The number of carbonyl (C=O) groups is 2. The van der Waals surface area contributed by atoms with Gasteiger partial charge in [0.25, 0.3) is 0 Å². The van der Waals surface area contributed by atoms with Crippen LogP contribution in [0.2, 0.25) is 0 Å². The van der Waals surface area contributed by atoms with E-state index in [2.05, 4.69) is 5.32 Å². The van der Waals surface area contributed by atoms with Crippen LogP contribution in [0.5, 0.6) is 5.75 Å². The first-order valence-electron chi connectivity index (χ1n) is 8.75. The van der Waals surface area contributed by atoms with Crippen LogP contribution in [0.25, 0.3) is 0 Å². The summed E-state index contributed by atoms with van der Waals surface area (Å²) < 4.78 is 40.7. The van der Waals surface area contributed by atoms with Gasteiger partial charge in [-0.3, -0.25) is 9.59 Å². The number of para-hydroxylation sites is 2. The van der Waals surface area contributed by atoms with E-state index in [1.807, 2.05) is 0 Å². The van der Waals surface area contributed by atoms with E-state index in [-0.39, 0.29) is 57.5 Å². The van der Waals surface area contributed by atoms with Gasteiger partial charge in [0.1, 0.15) is 15.9 Å². The molecule has 0 atom stereocenters. The Kier molecular flexibility index (Phi) is 6.26. The Morgan fingerprint density at radius 3 is 2.03 bits per heavy atom. The molecular weight excluding hydrogens is 431 g/mol. The normalized spacial score (nSPS) is 12.5. The minimum Gasteiger partial charge on any atom is -0.744 e. The number of nitrogens with one attached hydrogen (secondary N) is 1. The van der Waals surface area contributed by atoms with E-state index in [1.165, 1.54) is 19.2 Å². The number of nitrogen functional groups attached to an aromatic ring is 1. The van der Waals surface area contributed by atoms with Crippen molar-refractivity contribution in [2.24, 2.45) is 0 Å². The minimum absolute atomic E-state index is 0. The van der Waals surface area contributed by atoms with E-state index in [0.717, 1.165) is 6.07 Å². The molecule has 0 bridgehead atoms. The molecule has 152 valence electrons. The van der Waals surface area contributed by atoms with Crippen molar-refractivity contribution >= 4 is 38.7 Å². The molecule has 3 aromatic carbocycles. The summed E-state index contributed by atoms with van der Waals surface area (Å²) in [6.07, 6.45) is 0. The van der Waals surface area contributed by atoms with E-state index < -0.39 is 32.3 Å². The van der Waals surface area contributed by atoms with Gasteiger partial charge in [0.2, 0.25) is 0 Å². The molecule has 0 saturated heterocycles. The number of ketones is 2. The smallest absolute Gasteiger partial charge is 0.744 e. The summed E-state index contributed by atoms with van der Waals surface area (Å²) in [5, 5.41) is 2.92. The van der Waals surface area contributed by atoms with Gasteiger partial charge in [-0.15, -0.1) is 0 Å². The topological polar surface area (TPSA) is 139 Å². The second-order valence-electron chi connectivity index (χ2n) is 6.57. The van der Waals surface area contributed by atoms with Crippen molar-refractivity contribution in [2.75, 3.05) is 18.2 Å². The summed E-state index contributed by atoms with van der Waals surface area (Å²) in [4.78, 5) is 25.5. The van der Waals surface area contributed by atoms with Gasteiger partial charge in [-0.05, 0) is 18.2 Å². The fourth-order valence-corrected chi connectivity index (χ4v) is 4.13. The second-order valence-corrected chi connectivity index (χ2v) is 7.92. The number of hydrogen-bond acceptors (Lipinski definition) is 8. The number of nitrogens with two attached hydrogens (primary N) is 1. The zero-order valence-electron chi connectivity index (χ0n) is 16.6. The van der Waals surface area contributed by atoms with E-state index in [0.29, 0.717) is 11.4 Å². The average molecular weight is 446 g/mol. The van der Waals surface area contributed by atoms with Crippen molar-refractivity contribution in [1.82, 2.24) is 0 Å². The summed E-state index contributed by atoms with van der Waals surface area (Å²) in [6.45, 7) is 0. The fourth-order valence-electron chi connectivity index (χ4n) is 3.49. The van der Waals surface area contributed by atoms with Gasteiger partial charge in [-0.1, -0.05) is 36.4 Å². The van der Waals surface area contributed by atoms with E-state index in [1.54, 1.807) is 36.4 Å². The third-order valence-corrected chi connectivity index (χ3v) is 5.72. The molecule has 0 unspecified atom stereocenters. The molecule has 10 heteroatoms. The second kappa shape index (κ2) is 8.45. The minimum atomic E-state index is -5.03. The van der Waals surface area contributed by atoms with Crippen LogP contribution in [0, 0.1) is 0 Å². The van der Waals surface area contributed by atoms with Crippen molar-refractivity contribution in [3.05, 3.63) is 76.9 Å². The Morgan fingerprint density at radius 1 is 0.903 bits per heavy atom. The molecule has 31 heavy (non-hydrogen) atoms. The van der Waals surface area contributed by atoms with Crippen molar-refractivity contribution in [2.45, 2.75) is 4.90 Å². The largest absolute Gasteiger partial charge is 1.00 e. The third kappa shape index (κ3) is 3.86. The van der Waals surface area contributed by atoms with Crippen LogP contribution in [0.4, 0.5) is 17.1 Å². The van der Waals surface area contributed by atoms with Gasteiger partial charge in [0.15, 0.2) is 11.6 Å². The maximum absolute atomic E-state index is 13.2. The summed E-state index contributed by atoms with van der Waals surface area (Å²) in [5.74, 6) is -0.741. The number of ether oxygens (including phenoxy) is 1. The quantitative estimate of drug-likeness (QED) is 0.248. The number of hydrogen-bond donors (Lipinski definition) is 2. The monoisotopic (exact) mass is 446 g/mol. The maximum Gasteiger partial charge on any atom is 1.00 e. The first kappa shape index (κ1) is 23.0. The van der Waals surface area contributed by atoms with Gasteiger partial charge in [-0.25, -0.2) is 8.42 Å². The maximum atomic E-state index is 13.2. The van der Waals surface area contributed by atoms with Gasteiger partial charge < -0.3 is 20.3 Å². The van der Waals surface area contributed by atoms with Crippen LogP contribution in [-0.2, 0) is 10.1 Å². The molecule has 3 aromatic rings. The molecule has 0 aliphatic heterocycles. The van der Waals surface area contributed by atoms with E-state index in [4.69, 9.17) is 10.5 Å². The van der Waals surface area contributed by atoms with Crippen molar-refractivity contribution < 1.29 is 56.9 Å². The molecule has 0 radical (unpaired) electrons. The van der Waals surface area contributed by atoms with Gasteiger partial charge >= 0.3 is 29.6 Å². The summed E-state index contributed by atoms with van der Waals surface area (Å²) in [6, 6.07) is 13.8. The fraction of sp³-hybridized carbons (Fsp3) is 0.0476. The predicted molar refractivity (Wildman–Crippen MR) is 108 cm³/mol. The number of carbonyl (C=O) groups excluding carboxylic acids is 2. The Labute approximate surface area is 200 Å². The van der Waals surface area contributed by atoms with Crippen LogP contribution >= 0.6 is 0 Å². The summed E-state index contributed by atoms with van der Waals surface area (Å²) in [5.41, 5.74) is 5.57. The zero-order chi connectivity index (χ0) is 21.6. The molecule has 0 spiro atoms. The number of benzene rings is 3. The van der Waals surface area contributed by atoms with Gasteiger partial charge in [0.05, 0.1) is 40.2 Å². The Morgan fingerprint density at radius 2 is 1.45 bits per heavy atom. The number of rotatable bonds is 4. The van der Waals surface area contributed by atoms with Crippen LogP contribution in [0.1, 0.15) is 31.8 Å². The van der Waals surface area contributed by atoms with E-state index >= 15 is 0 Å². The summed E-state index contributed by atoms with van der Waals surface area (Å²) in [7, 11) is -3.58. The predicted octanol–water partition coefficient (Wildman–Crippen LogP) is -0.295. The molecule has 0 fully saturated rings. The molecule has 8 nitrogen and oxygen atoms in total. The molecular formula is C21H15N2NaO6S. The first-order chi connectivity index (χ1) is 14.2. The van der Waals surface area contributed by atoms with Crippen LogP contribution in [0.15, 0.2) is 59.5 Å². The molecule has 0 saturated carbocycles. The molecule has 1 aliphatic carbocycles. The average Bonchev–Trinajstić information content (AvgIpc) is 2.72. The molecule has 0 heterocycles. The van der Waals surface area contributed by atoms with Crippen LogP contribution in [-0.4, -0.2) is 31.6 Å². The molecule has 0 aromatic heterocycles. The standard InChI is InChI=1S/C21H16N2O6S.Na/c1-29-15-9-5-4-8-13(15)23-14-10-16(30(26,27)28)19(22)18-17(14)20(24)11-6-2-3-7-12(11)21(18)25;/h2-10,23H,22H2,1H3,(H,26,27,28);/q;+1/p-1. The van der Waals surface area contributed by atoms with Gasteiger partial charge in [-0.2, -0.15) is 0 Å². The molecule has 4 rings (SSSR count). The molecule has 0 amide bonds. The van der Waals surface area contributed by atoms with Gasteiger partial charge in [0, 0.05) is 11.1 Å². The molecule has 3 N–H and O–H groups in total. The van der Waals surface area contributed by atoms with Crippen LogP contribution in [0.3, 0.4) is 0 Å². The van der Waals surface area contributed by atoms with Crippen molar-refractivity contribution in [3.8, 4) is 5.75 Å². The zero-order valence-corrected chi connectivity index (χ0v) is 19.4.